The highest BCUT2D eigenvalue weighted by molar-refractivity contribution is 5.29. The summed E-state index contributed by atoms with van der Waals surface area (Å²) in [5.74, 6) is 0. The molecule has 0 aliphatic rings. The van der Waals surface area contributed by atoms with Crippen molar-refractivity contribution in [2.45, 2.75) is 25.2 Å². The first-order valence-corrected chi connectivity index (χ1v) is 6.88. The van der Waals surface area contributed by atoms with Gasteiger partial charge >= 0.3 is 0 Å². The number of nitrogens with one attached hydrogen (secondary N) is 1. The van der Waals surface area contributed by atoms with Crippen molar-refractivity contribution in [3.8, 4) is 0 Å². The topological polar surface area (TPSA) is 29.9 Å². The third kappa shape index (κ3) is 3.04. The largest absolute Gasteiger partial charge is 0.319 e. The molecule has 0 bridgehead atoms. The molecule has 102 valence electrons. The maximum Gasteiger partial charge on any atom is 0.0521 e. The molecule has 0 spiro atoms. The van der Waals surface area contributed by atoms with E-state index in [2.05, 4.69) is 53.9 Å². The van der Waals surface area contributed by atoms with E-state index in [0.29, 0.717) is 0 Å². The molecule has 2 rings (SSSR count). The second-order valence-electron chi connectivity index (χ2n) is 5.23. The molecule has 0 aliphatic heterocycles. The quantitative estimate of drug-likeness (QED) is 0.862. The molecule has 0 saturated heterocycles. The molecule has 1 heterocycles. The summed E-state index contributed by atoms with van der Waals surface area (Å²) in [7, 11) is 3.99. The minimum atomic E-state index is 0.138. The lowest BCUT2D eigenvalue weighted by Gasteiger charge is -2.33. The van der Waals surface area contributed by atoms with Gasteiger partial charge in [-0.2, -0.15) is 5.10 Å². The summed E-state index contributed by atoms with van der Waals surface area (Å²) >= 11 is 0. The molecule has 3 nitrogen and oxygen atoms in total. The average molecular weight is 257 g/mol. The smallest absolute Gasteiger partial charge is 0.0521 e. The van der Waals surface area contributed by atoms with Crippen LogP contribution in [0.15, 0.2) is 42.7 Å². The molecule has 1 unspecified atom stereocenters. The fourth-order valence-electron chi connectivity index (χ4n) is 2.80. The van der Waals surface area contributed by atoms with Gasteiger partial charge in [0.25, 0.3) is 0 Å². The summed E-state index contributed by atoms with van der Waals surface area (Å²) in [4.78, 5) is 0. The predicted molar refractivity (Wildman–Crippen MR) is 79.2 cm³/mol. The van der Waals surface area contributed by atoms with Crippen LogP contribution in [0.25, 0.3) is 0 Å². The number of rotatable bonds is 6. The summed E-state index contributed by atoms with van der Waals surface area (Å²) in [5, 5.41) is 7.64. The Morgan fingerprint density at radius 1 is 1.26 bits per heavy atom. The molecule has 19 heavy (non-hydrogen) atoms. The lowest BCUT2D eigenvalue weighted by Crippen LogP contribution is -2.38. The standard InChI is InChI=1S/C16H23N3/c1-4-16(13-17-2,15-8-6-5-7-9-15)10-14-11-18-19(3)12-14/h5-9,11-12,17H,4,10,13H2,1-3H3. The number of nitrogens with zero attached hydrogens (tertiary/aromatic N) is 2. The van der Waals surface area contributed by atoms with Gasteiger partial charge in [0, 0.05) is 25.2 Å². The van der Waals surface area contributed by atoms with Crippen LogP contribution in [0.3, 0.4) is 0 Å². The molecule has 0 radical (unpaired) electrons. The van der Waals surface area contributed by atoms with Gasteiger partial charge in [-0.1, -0.05) is 37.3 Å². The molecule has 2 aromatic rings. The number of aromatic nitrogens is 2. The number of aryl methyl sites for hydroxylation is 1. The molecular formula is C16H23N3. The number of likely N-dealkylation sites (N-methyl/N-ethyl adjacent to an activating group) is 1. The zero-order valence-electron chi connectivity index (χ0n) is 12.1. The van der Waals surface area contributed by atoms with E-state index in [1.54, 1.807) is 0 Å². The lowest BCUT2D eigenvalue weighted by atomic mass is 9.74. The average Bonchev–Trinajstić information content (AvgIpc) is 2.84. The Balaban J connectivity index is 2.34. The molecule has 1 aromatic carbocycles. The number of hydrogen-bond acceptors (Lipinski definition) is 2. The van der Waals surface area contributed by atoms with Gasteiger partial charge in [0.2, 0.25) is 0 Å². The molecular weight excluding hydrogens is 234 g/mol. The highest BCUT2D eigenvalue weighted by Crippen LogP contribution is 2.31. The summed E-state index contributed by atoms with van der Waals surface area (Å²) in [6, 6.07) is 10.8. The van der Waals surface area contributed by atoms with Gasteiger partial charge in [0.15, 0.2) is 0 Å². The minimum absolute atomic E-state index is 0.138. The van der Waals surface area contributed by atoms with Gasteiger partial charge in [-0.05, 0) is 31.0 Å². The van der Waals surface area contributed by atoms with Crippen molar-refractivity contribution in [2.75, 3.05) is 13.6 Å². The van der Waals surface area contributed by atoms with E-state index in [0.717, 1.165) is 19.4 Å². The van der Waals surface area contributed by atoms with Gasteiger partial charge in [-0.25, -0.2) is 0 Å². The molecule has 1 atom stereocenters. The summed E-state index contributed by atoms with van der Waals surface area (Å²) in [6.45, 7) is 3.24. The van der Waals surface area contributed by atoms with E-state index in [9.17, 15) is 0 Å². The maximum atomic E-state index is 4.29. The van der Waals surface area contributed by atoms with E-state index >= 15 is 0 Å². The van der Waals surface area contributed by atoms with Crippen LogP contribution >= 0.6 is 0 Å². The summed E-state index contributed by atoms with van der Waals surface area (Å²) < 4.78 is 1.88. The molecule has 0 saturated carbocycles. The van der Waals surface area contributed by atoms with Crippen molar-refractivity contribution < 1.29 is 0 Å². The predicted octanol–water partition coefficient (Wildman–Crippen LogP) is 2.53. The zero-order valence-corrected chi connectivity index (χ0v) is 12.1. The van der Waals surface area contributed by atoms with E-state index in [1.165, 1.54) is 11.1 Å². The Hall–Kier alpha value is -1.61. The van der Waals surface area contributed by atoms with Crippen LogP contribution in [-0.4, -0.2) is 23.4 Å². The van der Waals surface area contributed by atoms with Crippen molar-refractivity contribution in [1.29, 1.82) is 0 Å². The SMILES string of the molecule is CCC(CNC)(Cc1cnn(C)c1)c1ccccc1. The third-order valence-electron chi connectivity index (χ3n) is 3.88. The second kappa shape index (κ2) is 6.02. The second-order valence-corrected chi connectivity index (χ2v) is 5.23. The Morgan fingerprint density at radius 2 is 2.00 bits per heavy atom. The normalized spacial score (nSPS) is 14.3. The molecule has 0 aliphatic carbocycles. The number of benzene rings is 1. The Morgan fingerprint density at radius 3 is 2.53 bits per heavy atom. The maximum absolute atomic E-state index is 4.29. The van der Waals surface area contributed by atoms with Gasteiger partial charge in [-0.3, -0.25) is 4.68 Å². The number of hydrogen-bond donors (Lipinski definition) is 1. The fourth-order valence-corrected chi connectivity index (χ4v) is 2.80. The van der Waals surface area contributed by atoms with Gasteiger partial charge < -0.3 is 5.32 Å². The molecule has 1 N–H and O–H groups in total. The van der Waals surface area contributed by atoms with Crippen molar-refractivity contribution in [3.05, 3.63) is 53.9 Å². The van der Waals surface area contributed by atoms with Crippen molar-refractivity contribution >= 4 is 0 Å². The van der Waals surface area contributed by atoms with Gasteiger partial charge in [0.1, 0.15) is 0 Å². The van der Waals surface area contributed by atoms with Crippen LogP contribution in [0.4, 0.5) is 0 Å². The Labute approximate surface area is 115 Å². The van der Waals surface area contributed by atoms with Crippen molar-refractivity contribution in [2.24, 2.45) is 7.05 Å². The van der Waals surface area contributed by atoms with Crippen LogP contribution in [-0.2, 0) is 18.9 Å². The van der Waals surface area contributed by atoms with Crippen molar-refractivity contribution in [3.63, 3.8) is 0 Å². The molecule has 0 amide bonds. The first-order chi connectivity index (χ1) is 9.20. The van der Waals surface area contributed by atoms with E-state index < -0.39 is 0 Å². The van der Waals surface area contributed by atoms with E-state index in [-0.39, 0.29) is 5.41 Å². The minimum Gasteiger partial charge on any atom is -0.319 e. The van der Waals surface area contributed by atoms with E-state index in [1.807, 2.05) is 25.0 Å². The van der Waals surface area contributed by atoms with E-state index in [4.69, 9.17) is 0 Å². The summed E-state index contributed by atoms with van der Waals surface area (Å²) in [6.07, 6.45) is 6.21. The highest BCUT2D eigenvalue weighted by atomic mass is 15.2. The first-order valence-electron chi connectivity index (χ1n) is 6.88. The van der Waals surface area contributed by atoms with Gasteiger partial charge in [0.05, 0.1) is 6.20 Å². The van der Waals surface area contributed by atoms with Crippen LogP contribution in [0.5, 0.6) is 0 Å². The van der Waals surface area contributed by atoms with Crippen LogP contribution < -0.4 is 5.32 Å². The fraction of sp³-hybridized carbons (Fsp3) is 0.438. The Bertz CT molecular complexity index is 504. The summed E-state index contributed by atoms with van der Waals surface area (Å²) in [5.41, 5.74) is 2.83. The Kier molecular flexibility index (Phi) is 4.38. The monoisotopic (exact) mass is 257 g/mol. The first kappa shape index (κ1) is 13.8. The van der Waals surface area contributed by atoms with Gasteiger partial charge in [-0.15, -0.1) is 0 Å². The molecule has 1 aromatic heterocycles. The van der Waals surface area contributed by atoms with Crippen LogP contribution in [0.1, 0.15) is 24.5 Å². The third-order valence-corrected chi connectivity index (χ3v) is 3.88. The zero-order chi connectivity index (χ0) is 13.7. The van der Waals surface area contributed by atoms with Crippen molar-refractivity contribution in [1.82, 2.24) is 15.1 Å². The van der Waals surface area contributed by atoms with Crippen LogP contribution in [0, 0.1) is 0 Å². The molecule has 0 fully saturated rings. The molecule has 3 heteroatoms. The lowest BCUT2D eigenvalue weighted by molar-refractivity contribution is 0.391. The highest BCUT2D eigenvalue weighted by Gasteiger charge is 2.30. The van der Waals surface area contributed by atoms with Crippen LogP contribution in [0.2, 0.25) is 0 Å².